The predicted octanol–water partition coefficient (Wildman–Crippen LogP) is 2.91. The van der Waals surface area contributed by atoms with E-state index in [-0.39, 0.29) is 23.8 Å². The minimum absolute atomic E-state index is 0.219. The summed E-state index contributed by atoms with van der Waals surface area (Å²) in [7, 11) is 0. The first kappa shape index (κ1) is 14.8. The van der Waals surface area contributed by atoms with Crippen LogP contribution < -0.4 is 5.32 Å². The summed E-state index contributed by atoms with van der Waals surface area (Å²) in [5.74, 6) is -0.282. The topological polar surface area (TPSA) is 55.4 Å². The van der Waals surface area contributed by atoms with Crippen LogP contribution in [-0.2, 0) is 14.3 Å². The van der Waals surface area contributed by atoms with Crippen molar-refractivity contribution >= 4 is 11.9 Å². The molecule has 0 radical (unpaired) electrons. The van der Waals surface area contributed by atoms with Gasteiger partial charge in [0, 0.05) is 11.6 Å². The summed E-state index contributed by atoms with van der Waals surface area (Å²) in [5, 5.41) is 2.92. The van der Waals surface area contributed by atoms with Gasteiger partial charge < -0.3 is 10.1 Å². The van der Waals surface area contributed by atoms with Crippen LogP contribution in [0.4, 0.5) is 0 Å². The summed E-state index contributed by atoms with van der Waals surface area (Å²) in [5.41, 5.74) is 0.718. The molecular formula is C18H21NO3. The number of ether oxygens (including phenoxy) is 1. The Balaban J connectivity index is 1.65. The molecule has 1 fully saturated rings. The zero-order valence-corrected chi connectivity index (χ0v) is 12.5. The van der Waals surface area contributed by atoms with E-state index in [0.29, 0.717) is 6.42 Å². The first-order valence-electron chi connectivity index (χ1n) is 7.94. The van der Waals surface area contributed by atoms with Crippen molar-refractivity contribution < 1.29 is 14.3 Å². The number of amides is 1. The normalized spacial score (nSPS) is 21.4. The van der Waals surface area contributed by atoms with Crippen LogP contribution in [0.3, 0.4) is 0 Å². The molecule has 3 rings (SSSR count). The van der Waals surface area contributed by atoms with Gasteiger partial charge in [0.15, 0.2) is 0 Å². The summed E-state index contributed by atoms with van der Waals surface area (Å²) in [4.78, 5) is 24.5. The van der Waals surface area contributed by atoms with Crippen LogP contribution in [-0.4, -0.2) is 17.9 Å². The Morgan fingerprint density at radius 1 is 1.18 bits per heavy atom. The fourth-order valence-electron chi connectivity index (χ4n) is 2.66. The van der Waals surface area contributed by atoms with E-state index >= 15 is 0 Å². The van der Waals surface area contributed by atoms with E-state index in [0.717, 1.165) is 31.2 Å². The van der Waals surface area contributed by atoms with E-state index in [1.165, 1.54) is 0 Å². The van der Waals surface area contributed by atoms with Crippen molar-refractivity contribution in [1.29, 1.82) is 0 Å². The molecule has 0 spiro atoms. The quantitative estimate of drug-likeness (QED) is 0.649. The smallest absolute Gasteiger partial charge is 0.307 e. The van der Waals surface area contributed by atoms with E-state index in [9.17, 15) is 9.59 Å². The molecule has 0 aromatic heterocycles. The largest absolute Gasteiger partial charge is 0.447 e. The average molecular weight is 299 g/mol. The van der Waals surface area contributed by atoms with Crippen LogP contribution >= 0.6 is 0 Å². The molecule has 0 aliphatic heterocycles. The summed E-state index contributed by atoms with van der Waals surface area (Å²) in [6, 6.07) is 9.46. The first-order valence-corrected chi connectivity index (χ1v) is 7.94. The van der Waals surface area contributed by atoms with E-state index in [4.69, 9.17) is 4.74 Å². The fraction of sp³-hybridized carbons (Fsp3) is 0.444. The zero-order valence-electron chi connectivity index (χ0n) is 12.5. The van der Waals surface area contributed by atoms with Gasteiger partial charge in [-0.05, 0) is 31.6 Å². The molecule has 0 unspecified atom stereocenters. The maximum Gasteiger partial charge on any atom is 0.307 e. The summed E-state index contributed by atoms with van der Waals surface area (Å²) < 4.78 is 5.50. The highest BCUT2D eigenvalue weighted by Crippen LogP contribution is 2.25. The third kappa shape index (κ3) is 3.97. The van der Waals surface area contributed by atoms with Gasteiger partial charge in [0.25, 0.3) is 5.91 Å². The number of allylic oxidation sites excluding steroid dienone is 2. The van der Waals surface area contributed by atoms with Crippen molar-refractivity contribution in [3.8, 4) is 0 Å². The second-order valence-corrected chi connectivity index (χ2v) is 6.03. The Kier molecular flexibility index (Phi) is 4.56. The summed E-state index contributed by atoms with van der Waals surface area (Å²) in [6.45, 7) is 0. The Hall–Kier alpha value is -2.10. The van der Waals surface area contributed by atoms with Crippen LogP contribution in [0.25, 0.3) is 0 Å². The molecular weight excluding hydrogens is 278 g/mol. The molecule has 1 saturated carbocycles. The standard InChI is InChI=1S/C18H21NO3/c20-16(12-13-6-4-5-7-13)22-17(14-8-2-1-3-9-14)18(21)19-15-10-11-15/h1-4,6,8-9,13,15,17H,5,7,10-12H2,(H,19,21)/t13-,17-/m0/s1. The number of hydrogen-bond acceptors (Lipinski definition) is 3. The van der Waals surface area contributed by atoms with Crippen LogP contribution in [0.1, 0.15) is 43.8 Å². The van der Waals surface area contributed by atoms with E-state index in [2.05, 4.69) is 17.5 Å². The Morgan fingerprint density at radius 3 is 2.59 bits per heavy atom. The third-order valence-corrected chi connectivity index (χ3v) is 4.05. The lowest BCUT2D eigenvalue weighted by Crippen LogP contribution is -2.33. The van der Waals surface area contributed by atoms with Crippen molar-refractivity contribution in [3.05, 3.63) is 48.0 Å². The Morgan fingerprint density at radius 2 is 1.95 bits per heavy atom. The molecule has 2 aliphatic carbocycles. The summed E-state index contributed by atoms with van der Waals surface area (Å²) in [6.07, 6.45) is 7.66. The Labute approximate surface area is 130 Å². The van der Waals surface area contributed by atoms with Crippen molar-refractivity contribution in [2.75, 3.05) is 0 Å². The third-order valence-electron chi connectivity index (χ3n) is 4.05. The maximum absolute atomic E-state index is 12.4. The SMILES string of the molecule is O=C(C[C@H]1C=CCC1)O[C@H](C(=O)NC1CC1)c1ccccc1. The van der Waals surface area contributed by atoms with Gasteiger partial charge in [0.1, 0.15) is 0 Å². The minimum Gasteiger partial charge on any atom is -0.447 e. The van der Waals surface area contributed by atoms with Gasteiger partial charge in [-0.15, -0.1) is 0 Å². The molecule has 1 amide bonds. The first-order chi connectivity index (χ1) is 10.7. The molecule has 4 nitrogen and oxygen atoms in total. The van der Waals surface area contributed by atoms with Crippen molar-refractivity contribution in [1.82, 2.24) is 5.32 Å². The molecule has 2 atom stereocenters. The van der Waals surface area contributed by atoms with E-state index < -0.39 is 6.10 Å². The fourth-order valence-corrected chi connectivity index (χ4v) is 2.66. The van der Waals surface area contributed by atoms with Crippen molar-refractivity contribution in [2.45, 2.75) is 44.2 Å². The molecule has 1 aromatic rings. The molecule has 0 saturated heterocycles. The van der Waals surface area contributed by atoms with E-state index in [1.807, 2.05) is 30.3 Å². The second kappa shape index (κ2) is 6.77. The molecule has 0 heterocycles. The molecule has 1 aromatic carbocycles. The maximum atomic E-state index is 12.4. The molecule has 1 N–H and O–H groups in total. The lowest BCUT2D eigenvalue weighted by Gasteiger charge is -2.18. The van der Waals surface area contributed by atoms with Crippen LogP contribution in [0.5, 0.6) is 0 Å². The number of carbonyl (C=O) groups is 2. The minimum atomic E-state index is -0.848. The van der Waals surface area contributed by atoms with Crippen LogP contribution in [0.15, 0.2) is 42.5 Å². The number of carbonyl (C=O) groups excluding carboxylic acids is 2. The van der Waals surface area contributed by atoms with Crippen LogP contribution in [0.2, 0.25) is 0 Å². The molecule has 0 bridgehead atoms. The summed E-state index contributed by atoms with van der Waals surface area (Å²) >= 11 is 0. The van der Waals surface area contributed by atoms with Crippen molar-refractivity contribution in [3.63, 3.8) is 0 Å². The molecule has 22 heavy (non-hydrogen) atoms. The number of hydrogen-bond donors (Lipinski definition) is 1. The number of benzene rings is 1. The Bertz CT molecular complexity index is 563. The van der Waals surface area contributed by atoms with Gasteiger partial charge in [-0.1, -0.05) is 42.5 Å². The lowest BCUT2D eigenvalue weighted by atomic mass is 10.1. The van der Waals surface area contributed by atoms with Crippen molar-refractivity contribution in [2.24, 2.45) is 5.92 Å². The number of nitrogens with one attached hydrogen (secondary N) is 1. The highest BCUT2D eigenvalue weighted by Gasteiger charge is 2.31. The highest BCUT2D eigenvalue weighted by molar-refractivity contribution is 5.85. The molecule has 2 aliphatic rings. The monoisotopic (exact) mass is 299 g/mol. The zero-order chi connectivity index (χ0) is 15.4. The molecule has 4 heteroatoms. The van der Waals surface area contributed by atoms with Crippen LogP contribution in [0, 0.1) is 5.92 Å². The van der Waals surface area contributed by atoms with Gasteiger partial charge in [-0.25, -0.2) is 0 Å². The second-order valence-electron chi connectivity index (χ2n) is 6.03. The average Bonchev–Trinajstić information content (AvgIpc) is 3.19. The predicted molar refractivity (Wildman–Crippen MR) is 82.9 cm³/mol. The molecule has 116 valence electrons. The van der Waals surface area contributed by atoms with Gasteiger partial charge in [0.05, 0.1) is 6.42 Å². The number of rotatable bonds is 6. The van der Waals surface area contributed by atoms with Gasteiger partial charge in [0.2, 0.25) is 6.10 Å². The lowest BCUT2D eigenvalue weighted by molar-refractivity contribution is -0.157. The highest BCUT2D eigenvalue weighted by atomic mass is 16.5. The van der Waals surface area contributed by atoms with Gasteiger partial charge >= 0.3 is 5.97 Å². The van der Waals surface area contributed by atoms with E-state index in [1.54, 1.807) is 0 Å². The number of esters is 1. The van der Waals surface area contributed by atoms with Gasteiger partial charge in [-0.3, -0.25) is 9.59 Å². The van der Waals surface area contributed by atoms with Gasteiger partial charge in [-0.2, -0.15) is 0 Å².